The molecule has 2 saturated heterocycles. The van der Waals surface area contributed by atoms with Crippen molar-refractivity contribution in [3.8, 4) is 5.75 Å². The third-order valence-corrected chi connectivity index (χ3v) is 6.04. The molecule has 2 unspecified atom stereocenters. The summed E-state index contributed by atoms with van der Waals surface area (Å²) in [5, 5.41) is 0. The first-order valence-electron chi connectivity index (χ1n) is 11.0. The van der Waals surface area contributed by atoms with Crippen LogP contribution in [0, 0.1) is 6.92 Å². The molecule has 31 heavy (non-hydrogen) atoms. The van der Waals surface area contributed by atoms with E-state index in [1.165, 1.54) is 0 Å². The molecule has 1 aromatic carbocycles. The standard InChI is InChI=1S/C24H32N2O5/c1-15(2)31-21-5-6-22(16(3)9-21)18(7-8-25-13-19(27)11-23(25)29)10-17(4)26-14-20(28)12-24(26)30/h5-6,9,15,17-18H,7-8,10-14H2,1-4H3. The van der Waals surface area contributed by atoms with Crippen LogP contribution in [0.3, 0.4) is 0 Å². The summed E-state index contributed by atoms with van der Waals surface area (Å²) < 4.78 is 5.80. The number of Topliss-reactive ketones (excluding diaryl/α,β-unsaturated/α-hetero) is 2. The van der Waals surface area contributed by atoms with E-state index >= 15 is 0 Å². The van der Waals surface area contributed by atoms with E-state index in [1.807, 2.05) is 39.8 Å². The van der Waals surface area contributed by atoms with Gasteiger partial charge in [-0.1, -0.05) is 6.07 Å². The molecule has 2 atom stereocenters. The van der Waals surface area contributed by atoms with Crippen LogP contribution in [0.5, 0.6) is 5.75 Å². The molecule has 2 heterocycles. The SMILES string of the molecule is Cc1cc(OC(C)C)ccc1C(CCN1CC(=O)CC1=O)CC(C)N1CC(=O)CC1=O. The van der Waals surface area contributed by atoms with Crippen LogP contribution in [0.15, 0.2) is 18.2 Å². The van der Waals surface area contributed by atoms with Gasteiger partial charge in [-0.3, -0.25) is 19.2 Å². The van der Waals surface area contributed by atoms with Crippen LogP contribution in [0.4, 0.5) is 0 Å². The highest BCUT2D eigenvalue weighted by atomic mass is 16.5. The maximum Gasteiger partial charge on any atom is 0.230 e. The Bertz CT molecular complexity index is 879. The van der Waals surface area contributed by atoms with Crippen molar-refractivity contribution in [2.45, 2.75) is 71.4 Å². The Balaban J connectivity index is 1.78. The minimum atomic E-state index is -0.117. The normalized spacial score (nSPS) is 19.0. The molecule has 2 amide bonds. The number of carbonyl (C=O) groups excluding carboxylic acids is 4. The average Bonchev–Trinajstić information content (AvgIpc) is 3.18. The number of amides is 2. The highest BCUT2D eigenvalue weighted by molar-refractivity contribution is 6.05. The second kappa shape index (κ2) is 9.62. The molecule has 7 heteroatoms. The fraction of sp³-hybridized carbons (Fsp3) is 0.583. The maximum absolute atomic E-state index is 12.2. The van der Waals surface area contributed by atoms with Gasteiger partial charge in [0.2, 0.25) is 11.8 Å². The van der Waals surface area contributed by atoms with E-state index in [0.29, 0.717) is 19.4 Å². The van der Waals surface area contributed by atoms with Crippen molar-refractivity contribution < 1.29 is 23.9 Å². The van der Waals surface area contributed by atoms with Gasteiger partial charge in [0.15, 0.2) is 11.6 Å². The first kappa shape index (κ1) is 23.0. The fourth-order valence-corrected chi connectivity index (χ4v) is 4.55. The van der Waals surface area contributed by atoms with E-state index in [1.54, 1.807) is 9.80 Å². The monoisotopic (exact) mass is 428 g/mol. The Kier molecular flexibility index (Phi) is 7.13. The lowest BCUT2D eigenvalue weighted by Gasteiger charge is -2.30. The molecule has 1 aromatic rings. The van der Waals surface area contributed by atoms with Gasteiger partial charge in [0, 0.05) is 12.6 Å². The summed E-state index contributed by atoms with van der Waals surface area (Å²) >= 11 is 0. The van der Waals surface area contributed by atoms with Crippen molar-refractivity contribution in [1.82, 2.24) is 9.80 Å². The predicted molar refractivity (Wildman–Crippen MR) is 116 cm³/mol. The van der Waals surface area contributed by atoms with Crippen molar-refractivity contribution in [2.24, 2.45) is 0 Å². The van der Waals surface area contributed by atoms with E-state index in [2.05, 4.69) is 6.07 Å². The molecule has 0 spiro atoms. The summed E-state index contributed by atoms with van der Waals surface area (Å²) in [5.74, 6) is 0.575. The van der Waals surface area contributed by atoms with Crippen molar-refractivity contribution >= 4 is 23.4 Å². The number of likely N-dealkylation sites (tertiary alicyclic amines) is 2. The second-order valence-corrected chi connectivity index (χ2v) is 9.02. The minimum absolute atomic E-state index is 0.00821. The zero-order valence-corrected chi connectivity index (χ0v) is 18.8. The van der Waals surface area contributed by atoms with Crippen LogP contribution in [0.1, 0.15) is 63.5 Å². The molecular formula is C24H32N2O5. The zero-order chi connectivity index (χ0) is 22.7. The largest absolute Gasteiger partial charge is 0.491 e. The van der Waals surface area contributed by atoms with E-state index in [-0.39, 0.29) is 67.4 Å². The van der Waals surface area contributed by atoms with Crippen LogP contribution in [-0.4, -0.2) is 65.0 Å². The Morgan fingerprint density at radius 3 is 2.19 bits per heavy atom. The van der Waals surface area contributed by atoms with Gasteiger partial charge in [0.05, 0.1) is 32.0 Å². The van der Waals surface area contributed by atoms with Gasteiger partial charge in [-0.2, -0.15) is 0 Å². The van der Waals surface area contributed by atoms with Gasteiger partial charge >= 0.3 is 0 Å². The number of benzene rings is 1. The fourth-order valence-electron chi connectivity index (χ4n) is 4.55. The summed E-state index contributed by atoms with van der Waals surface area (Å²) in [4.78, 5) is 50.9. The lowest BCUT2D eigenvalue weighted by atomic mass is 9.86. The Hall–Kier alpha value is -2.70. The van der Waals surface area contributed by atoms with Crippen LogP contribution >= 0.6 is 0 Å². The summed E-state index contributed by atoms with van der Waals surface area (Å²) in [6.45, 7) is 8.83. The number of rotatable bonds is 9. The predicted octanol–water partition coefficient (Wildman–Crippen LogP) is 2.64. The highest BCUT2D eigenvalue weighted by Crippen LogP contribution is 2.32. The van der Waals surface area contributed by atoms with Crippen LogP contribution in [-0.2, 0) is 19.2 Å². The van der Waals surface area contributed by atoms with Crippen molar-refractivity contribution in [2.75, 3.05) is 19.6 Å². The van der Waals surface area contributed by atoms with E-state index in [9.17, 15) is 19.2 Å². The van der Waals surface area contributed by atoms with Gasteiger partial charge in [-0.15, -0.1) is 0 Å². The van der Waals surface area contributed by atoms with E-state index in [0.717, 1.165) is 16.9 Å². The number of hydrogen-bond acceptors (Lipinski definition) is 5. The van der Waals surface area contributed by atoms with Gasteiger partial charge in [0.1, 0.15) is 5.75 Å². The molecule has 0 N–H and O–H groups in total. The van der Waals surface area contributed by atoms with Crippen LogP contribution in [0.2, 0.25) is 0 Å². The molecule has 0 saturated carbocycles. The lowest BCUT2D eigenvalue weighted by molar-refractivity contribution is -0.129. The van der Waals surface area contributed by atoms with Crippen LogP contribution in [0.25, 0.3) is 0 Å². The van der Waals surface area contributed by atoms with Crippen molar-refractivity contribution in [3.63, 3.8) is 0 Å². The number of hydrogen-bond donors (Lipinski definition) is 0. The second-order valence-electron chi connectivity index (χ2n) is 9.02. The Labute approximate surface area is 183 Å². The Morgan fingerprint density at radius 1 is 0.968 bits per heavy atom. The molecule has 0 aliphatic carbocycles. The highest BCUT2D eigenvalue weighted by Gasteiger charge is 2.33. The molecule has 2 fully saturated rings. The summed E-state index contributed by atoms with van der Waals surface area (Å²) in [6.07, 6.45) is 1.43. The maximum atomic E-state index is 12.2. The summed E-state index contributed by atoms with van der Waals surface area (Å²) in [6, 6.07) is 5.93. The van der Waals surface area contributed by atoms with Crippen LogP contribution < -0.4 is 4.74 Å². The molecule has 168 valence electrons. The molecule has 0 bridgehead atoms. The third kappa shape index (κ3) is 5.71. The quantitative estimate of drug-likeness (QED) is 0.565. The van der Waals surface area contributed by atoms with Gasteiger partial charge in [-0.05, 0) is 69.7 Å². The number of ether oxygens (including phenoxy) is 1. The number of nitrogens with zero attached hydrogens (tertiary/aromatic N) is 2. The van der Waals surface area contributed by atoms with Gasteiger partial charge < -0.3 is 14.5 Å². The lowest BCUT2D eigenvalue weighted by Crippen LogP contribution is -2.36. The smallest absolute Gasteiger partial charge is 0.230 e. The summed E-state index contributed by atoms with van der Waals surface area (Å²) in [7, 11) is 0. The average molecular weight is 429 g/mol. The number of carbonyl (C=O) groups is 4. The molecular weight excluding hydrogens is 396 g/mol. The molecule has 3 rings (SSSR count). The van der Waals surface area contributed by atoms with Crippen molar-refractivity contribution in [3.05, 3.63) is 29.3 Å². The first-order valence-corrected chi connectivity index (χ1v) is 11.0. The molecule has 0 radical (unpaired) electrons. The molecule has 7 nitrogen and oxygen atoms in total. The summed E-state index contributed by atoms with van der Waals surface area (Å²) in [5.41, 5.74) is 2.22. The zero-order valence-electron chi connectivity index (χ0n) is 18.8. The topological polar surface area (TPSA) is 84.0 Å². The molecule has 0 aromatic heterocycles. The molecule has 2 aliphatic rings. The Morgan fingerprint density at radius 2 is 1.65 bits per heavy atom. The molecule has 2 aliphatic heterocycles. The van der Waals surface area contributed by atoms with E-state index in [4.69, 9.17) is 4.74 Å². The first-order chi connectivity index (χ1) is 14.6. The van der Waals surface area contributed by atoms with Gasteiger partial charge in [-0.25, -0.2) is 0 Å². The minimum Gasteiger partial charge on any atom is -0.491 e. The van der Waals surface area contributed by atoms with Crippen molar-refractivity contribution in [1.29, 1.82) is 0 Å². The third-order valence-electron chi connectivity index (χ3n) is 6.04. The number of aryl methyl sites for hydroxylation is 1. The van der Waals surface area contributed by atoms with Gasteiger partial charge in [0.25, 0.3) is 0 Å². The van der Waals surface area contributed by atoms with E-state index < -0.39 is 0 Å². The number of ketones is 2.